The van der Waals surface area contributed by atoms with Crippen molar-refractivity contribution in [2.45, 2.75) is 40.5 Å². The third kappa shape index (κ3) is 5.17. The topological polar surface area (TPSA) is 84.2 Å². The largest absolute Gasteiger partial charge is 0.361 e. The van der Waals surface area contributed by atoms with Gasteiger partial charge in [0.1, 0.15) is 5.76 Å². The maximum absolute atomic E-state index is 12.3. The monoisotopic (exact) mass is 343 g/mol. The van der Waals surface area contributed by atoms with Crippen molar-refractivity contribution in [3.05, 3.63) is 46.8 Å². The van der Waals surface area contributed by atoms with Crippen LogP contribution in [-0.4, -0.2) is 23.5 Å². The number of carbonyl (C=O) groups excluding carboxylic acids is 2. The summed E-state index contributed by atoms with van der Waals surface area (Å²) in [6.07, 6.45) is 1.62. The zero-order chi connectivity index (χ0) is 18.4. The first-order valence-corrected chi connectivity index (χ1v) is 8.49. The number of rotatable bonds is 7. The Hall–Kier alpha value is -2.63. The van der Waals surface area contributed by atoms with E-state index in [1.807, 2.05) is 27.7 Å². The molecule has 0 bridgehead atoms. The molecule has 0 aliphatic rings. The molecular weight excluding hydrogens is 318 g/mol. The Labute approximate surface area is 148 Å². The molecule has 2 N–H and O–H groups in total. The molecule has 0 saturated heterocycles. The normalized spacial score (nSPS) is 10.8. The first kappa shape index (κ1) is 18.7. The Morgan fingerprint density at radius 1 is 1.24 bits per heavy atom. The molecular formula is C19H25N3O3. The second-order valence-corrected chi connectivity index (χ2v) is 6.39. The number of aryl methyl sites for hydroxylation is 2. The summed E-state index contributed by atoms with van der Waals surface area (Å²) in [5.41, 5.74) is 3.16. The minimum atomic E-state index is -0.153. The predicted molar refractivity (Wildman–Crippen MR) is 96.5 cm³/mol. The van der Waals surface area contributed by atoms with Crippen LogP contribution in [0.15, 0.2) is 28.8 Å². The Morgan fingerprint density at radius 2 is 2.00 bits per heavy atom. The van der Waals surface area contributed by atoms with Crippen molar-refractivity contribution in [2.75, 3.05) is 11.9 Å². The van der Waals surface area contributed by atoms with E-state index in [2.05, 4.69) is 15.8 Å². The zero-order valence-electron chi connectivity index (χ0n) is 15.2. The second-order valence-electron chi connectivity index (χ2n) is 6.39. The highest BCUT2D eigenvalue weighted by molar-refractivity contribution is 5.97. The van der Waals surface area contributed by atoms with E-state index < -0.39 is 0 Å². The number of amides is 2. The number of hydrogen-bond donors (Lipinski definition) is 2. The summed E-state index contributed by atoms with van der Waals surface area (Å²) in [5, 5.41) is 9.63. The molecule has 25 heavy (non-hydrogen) atoms. The van der Waals surface area contributed by atoms with Gasteiger partial charge in [-0.25, -0.2) is 0 Å². The van der Waals surface area contributed by atoms with Crippen molar-refractivity contribution < 1.29 is 14.1 Å². The van der Waals surface area contributed by atoms with E-state index in [1.165, 1.54) is 0 Å². The van der Waals surface area contributed by atoms with Crippen molar-refractivity contribution in [3.8, 4) is 0 Å². The van der Waals surface area contributed by atoms with E-state index in [1.54, 1.807) is 24.3 Å². The number of benzene rings is 1. The molecule has 0 atom stereocenters. The van der Waals surface area contributed by atoms with Gasteiger partial charge in [-0.2, -0.15) is 0 Å². The standard InChI is InChI=1S/C19H25N3O3/c1-12(2)18(23)21-16-8-5-7-15(11-16)19(24)20-10-6-9-17-13(3)22-25-14(17)4/h5,7-8,11-12H,6,9-10H2,1-4H3,(H,20,24)(H,21,23). The maximum atomic E-state index is 12.3. The van der Waals surface area contributed by atoms with Crippen LogP contribution in [0.3, 0.4) is 0 Å². The fourth-order valence-corrected chi connectivity index (χ4v) is 2.45. The number of hydrogen-bond acceptors (Lipinski definition) is 4. The van der Waals surface area contributed by atoms with Crippen molar-refractivity contribution in [1.29, 1.82) is 0 Å². The van der Waals surface area contributed by atoms with Crippen molar-refractivity contribution in [1.82, 2.24) is 10.5 Å². The Balaban J connectivity index is 1.85. The van der Waals surface area contributed by atoms with Gasteiger partial charge in [0, 0.05) is 29.3 Å². The van der Waals surface area contributed by atoms with Crippen LogP contribution >= 0.6 is 0 Å². The summed E-state index contributed by atoms with van der Waals surface area (Å²) in [4.78, 5) is 24.0. The van der Waals surface area contributed by atoms with Gasteiger partial charge >= 0.3 is 0 Å². The first-order chi connectivity index (χ1) is 11.9. The molecule has 2 rings (SSSR count). The van der Waals surface area contributed by atoms with Gasteiger partial charge in [-0.15, -0.1) is 0 Å². The molecule has 2 amide bonds. The van der Waals surface area contributed by atoms with Gasteiger partial charge < -0.3 is 15.2 Å². The quantitative estimate of drug-likeness (QED) is 0.756. The maximum Gasteiger partial charge on any atom is 0.251 e. The second kappa shape index (κ2) is 8.46. The van der Waals surface area contributed by atoms with E-state index in [9.17, 15) is 9.59 Å². The van der Waals surface area contributed by atoms with Gasteiger partial charge in [0.15, 0.2) is 0 Å². The highest BCUT2D eigenvalue weighted by Crippen LogP contribution is 2.14. The fourth-order valence-electron chi connectivity index (χ4n) is 2.45. The Bertz CT molecular complexity index is 731. The van der Waals surface area contributed by atoms with Crippen LogP contribution in [0.2, 0.25) is 0 Å². The van der Waals surface area contributed by atoms with E-state index in [0.717, 1.165) is 29.9 Å². The number of nitrogens with one attached hydrogen (secondary N) is 2. The van der Waals surface area contributed by atoms with Gasteiger partial charge in [0.05, 0.1) is 5.69 Å². The summed E-state index contributed by atoms with van der Waals surface area (Å²) in [7, 11) is 0. The van der Waals surface area contributed by atoms with Gasteiger partial charge in [-0.1, -0.05) is 25.1 Å². The average Bonchev–Trinajstić information content (AvgIpc) is 2.90. The van der Waals surface area contributed by atoms with E-state index >= 15 is 0 Å². The van der Waals surface area contributed by atoms with Crippen LogP contribution in [0.1, 0.15) is 47.6 Å². The molecule has 0 fully saturated rings. The van der Waals surface area contributed by atoms with Crippen molar-refractivity contribution in [3.63, 3.8) is 0 Å². The lowest BCUT2D eigenvalue weighted by Gasteiger charge is -2.10. The lowest BCUT2D eigenvalue weighted by molar-refractivity contribution is -0.118. The van der Waals surface area contributed by atoms with Gasteiger partial charge in [-0.05, 0) is 44.9 Å². The Kier molecular flexibility index (Phi) is 6.33. The molecule has 6 heteroatoms. The summed E-state index contributed by atoms with van der Waals surface area (Å²) in [5.74, 6) is 0.496. The fraction of sp³-hybridized carbons (Fsp3) is 0.421. The highest BCUT2D eigenvalue weighted by Gasteiger charge is 2.11. The summed E-state index contributed by atoms with van der Waals surface area (Å²) < 4.78 is 5.13. The van der Waals surface area contributed by atoms with Crippen LogP contribution in [0.4, 0.5) is 5.69 Å². The first-order valence-electron chi connectivity index (χ1n) is 8.49. The number of aromatic nitrogens is 1. The average molecular weight is 343 g/mol. The minimum absolute atomic E-state index is 0.0722. The third-order valence-corrected chi connectivity index (χ3v) is 3.99. The number of anilines is 1. The van der Waals surface area contributed by atoms with Gasteiger partial charge in [-0.3, -0.25) is 9.59 Å². The molecule has 1 heterocycles. The molecule has 0 unspecified atom stereocenters. The summed E-state index contributed by atoms with van der Waals surface area (Å²) in [6.45, 7) is 8.02. The molecule has 134 valence electrons. The summed E-state index contributed by atoms with van der Waals surface area (Å²) in [6, 6.07) is 6.95. The Morgan fingerprint density at radius 3 is 2.64 bits per heavy atom. The molecule has 0 spiro atoms. The van der Waals surface area contributed by atoms with Crippen LogP contribution in [-0.2, 0) is 11.2 Å². The smallest absolute Gasteiger partial charge is 0.251 e. The number of nitrogens with zero attached hydrogens (tertiary/aromatic N) is 1. The molecule has 0 radical (unpaired) electrons. The van der Waals surface area contributed by atoms with E-state index in [-0.39, 0.29) is 17.7 Å². The van der Waals surface area contributed by atoms with Crippen molar-refractivity contribution in [2.24, 2.45) is 5.92 Å². The SMILES string of the molecule is Cc1noc(C)c1CCCNC(=O)c1cccc(NC(=O)C(C)C)c1. The number of carbonyl (C=O) groups is 2. The lowest BCUT2D eigenvalue weighted by atomic mass is 10.1. The van der Waals surface area contributed by atoms with Gasteiger partial charge in [0.25, 0.3) is 5.91 Å². The minimum Gasteiger partial charge on any atom is -0.361 e. The van der Waals surface area contributed by atoms with E-state index in [0.29, 0.717) is 17.8 Å². The molecule has 6 nitrogen and oxygen atoms in total. The molecule has 1 aromatic carbocycles. The van der Waals surface area contributed by atoms with Crippen molar-refractivity contribution >= 4 is 17.5 Å². The molecule has 0 saturated carbocycles. The van der Waals surface area contributed by atoms with Crippen LogP contribution in [0.25, 0.3) is 0 Å². The van der Waals surface area contributed by atoms with Crippen LogP contribution in [0, 0.1) is 19.8 Å². The lowest BCUT2D eigenvalue weighted by Crippen LogP contribution is -2.25. The third-order valence-electron chi connectivity index (χ3n) is 3.99. The summed E-state index contributed by atoms with van der Waals surface area (Å²) >= 11 is 0. The molecule has 1 aromatic heterocycles. The molecule has 0 aliphatic carbocycles. The van der Waals surface area contributed by atoms with Gasteiger partial charge in [0.2, 0.25) is 5.91 Å². The molecule has 2 aromatic rings. The van der Waals surface area contributed by atoms with E-state index in [4.69, 9.17) is 4.52 Å². The van der Waals surface area contributed by atoms with Crippen LogP contribution < -0.4 is 10.6 Å². The van der Waals surface area contributed by atoms with Crippen LogP contribution in [0.5, 0.6) is 0 Å². The zero-order valence-corrected chi connectivity index (χ0v) is 15.2. The predicted octanol–water partition coefficient (Wildman–Crippen LogP) is 3.25. The highest BCUT2D eigenvalue weighted by atomic mass is 16.5. The molecule has 0 aliphatic heterocycles.